The lowest BCUT2D eigenvalue weighted by Gasteiger charge is -2.10. The van der Waals surface area contributed by atoms with E-state index in [4.69, 9.17) is 11.0 Å². The van der Waals surface area contributed by atoms with Crippen LogP contribution >= 0.6 is 0 Å². The van der Waals surface area contributed by atoms with E-state index >= 15 is 0 Å². The van der Waals surface area contributed by atoms with Crippen LogP contribution in [-0.4, -0.2) is 16.5 Å². The van der Waals surface area contributed by atoms with Gasteiger partial charge in [-0.25, -0.2) is 4.39 Å². The molecule has 0 aliphatic rings. The molecule has 0 unspecified atom stereocenters. The van der Waals surface area contributed by atoms with E-state index in [1.54, 1.807) is 12.1 Å². The minimum absolute atomic E-state index is 0.0715. The number of hydrogen-bond acceptors (Lipinski definition) is 6. The highest BCUT2D eigenvalue weighted by molar-refractivity contribution is 5.66. The van der Waals surface area contributed by atoms with Gasteiger partial charge in [-0.05, 0) is 18.6 Å². The Labute approximate surface area is 121 Å². The number of halogens is 1. The molecule has 0 saturated carbocycles. The summed E-state index contributed by atoms with van der Waals surface area (Å²) in [5.74, 6) is 0.465. The van der Waals surface area contributed by atoms with Gasteiger partial charge in [0.1, 0.15) is 29.1 Å². The van der Waals surface area contributed by atoms with Crippen LogP contribution in [0.25, 0.3) is 0 Å². The molecule has 0 radical (unpaired) electrons. The van der Waals surface area contributed by atoms with E-state index in [-0.39, 0.29) is 11.5 Å². The van der Waals surface area contributed by atoms with Crippen LogP contribution in [0.15, 0.2) is 24.3 Å². The standard InChI is InChI=1S/C14H15FN6/c1-2-6-18-12-7-13(21-14(17)20-12)19-11-5-3-4-10(15)9(11)8-16/h3-5,7H,2,6H2,1H3,(H4,17,18,19,20,21). The van der Waals surface area contributed by atoms with Gasteiger partial charge in [-0.3, -0.25) is 0 Å². The zero-order valence-corrected chi connectivity index (χ0v) is 11.5. The number of nitrogen functional groups attached to an aromatic ring is 1. The molecule has 1 heterocycles. The first kappa shape index (κ1) is 14.5. The summed E-state index contributed by atoms with van der Waals surface area (Å²) < 4.78 is 13.5. The Morgan fingerprint density at radius 2 is 2.10 bits per heavy atom. The predicted octanol–water partition coefficient (Wildman–Crippen LogP) is 2.64. The molecule has 0 aliphatic carbocycles. The molecular formula is C14H15FN6. The lowest BCUT2D eigenvalue weighted by atomic mass is 10.2. The molecule has 0 atom stereocenters. The molecule has 1 aromatic carbocycles. The lowest BCUT2D eigenvalue weighted by Crippen LogP contribution is -2.07. The fourth-order valence-corrected chi connectivity index (χ4v) is 1.75. The highest BCUT2D eigenvalue weighted by atomic mass is 19.1. The topological polar surface area (TPSA) is 99.6 Å². The van der Waals surface area contributed by atoms with Gasteiger partial charge in [0.25, 0.3) is 0 Å². The van der Waals surface area contributed by atoms with Gasteiger partial charge in [0.05, 0.1) is 5.69 Å². The number of nitrogens with zero attached hydrogens (tertiary/aromatic N) is 3. The molecule has 0 saturated heterocycles. The number of nitrogens with two attached hydrogens (primary N) is 1. The third-order valence-corrected chi connectivity index (χ3v) is 2.69. The number of benzene rings is 1. The number of hydrogen-bond donors (Lipinski definition) is 3. The molecule has 6 nitrogen and oxygen atoms in total. The zero-order chi connectivity index (χ0) is 15.2. The molecular weight excluding hydrogens is 271 g/mol. The van der Waals surface area contributed by atoms with Crippen LogP contribution in [0.3, 0.4) is 0 Å². The summed E-state index contributed by atoms with van der Waals surface area (Å²) in [4.78, 5) is 8.08. The van der Waals surface area contributed by atoms with Gasteiger partial charge >= 0.3 is 0 Å². The maximum absolute atomic E-state index is 13.5. The largest absolute Gasteiger partial charge is 0.370 e. The van der Waals surface area contributed by atoms with Gasteiger partial charge in [-0.2, -0.15) is 15.2 Å². The number of nitrogens with one attached hydrogen (secondary N) is 2. The summed E-state index contributed by atoms with van der Waals surface area (Å²) in [6, 6.07) is 7.81. The molecule has 0 amide bonds. The Morgan fingerprint density at radius 3 is 2.81 bits per heavy atom. The predicted molar refractivity (Wildman–Crippen MR) is 79.6 cm³/mol. The van der Waals surface area contributed by atoms with Crippen molar-refractivity contribution in [3.05, 3.63) is 35.6 Å². The average Bonchev–Trinajstić information content (AvgIpc) is 2.45. The molecule has 0 aliphatic heterocycles. The average molecular weight is 286 g/mol. The van der Waals surface area contributed by atoms with Crippen LogP contribution < -0.4 is 16.4 Å². The maximum Gasteiger partial charge on any atom is 0.223 e. The van der Waals surface area contributed by atoms with Crippen molar-refractivity contribution >= 4 is 23.3 Å². The van der Waals surface area contributed by atoms with Gasteiger partial charge in [-0.1, -0.05) is 13.0 Å². The minimum atomic E-state index is -0.589. The summed E-state index contributed by atoms with van der Waals surface area (Å²) in [6.07, 6.45) is 0.940. The van der Waals surface area contributed by atoms with E-state index < -0.39 is 5.82 Å². The molecule has 0 fully saturated rings. The SMILES string of the molecule is CCCNc1cc(Nc2cccc(F)c2C#N)nc(N)n1. The van der Waals surface area contributed by atoms with E-state index in [9.17, 15) is 4.39 Å². The highest BCUT2D eigenvalue weighted by Crippen LogP contribution is 2.23. The Balaban J connectivity index is 2.30. The van der Waals surface area contributed by atoms with E-state index in [1.807, 2.05) is 13.0 Å². The molecule has 1 aromatic heterocycles. The molecule has 21 heavy (non-hydrogen) atoms. The Kier molecular flexibility index (Phi) is 4.51. The maximum atomic E-state index is 13.5. The third-order valence-electron chi connectivity index (χ3n) is 2.69. The number of aromatic nitrogens is 2. The Hall–Kier alpha value is -2.88. The molecule has 108 valence electrons. The second kappa shape index (κ2) is 6.52. The molecule has 0 bridgehead atoms. The molecule has 7 heteroatoms. The highest BCUT2D eigenvalue weighted by Gasteiger charge is 2.09. The summed E-state index contributed by atoms with van der Waals surface area (Å²) in [5, 5.41) is 15.0. The van der Waals surface area contributed by atoms with Gasteiger partial charge in [-0.15, -0.1) is 0 Å². The van der Waals surface area contributed by atoms with Gasteiger partial charge < -0.3 is 16.4 Å². The van der Waals surface area contributed by atoms with Crippen LogP contribution in [-0.2, 0) is 0 Å². The molecule has 0 spiro atoms. The van der Waals surface area contributed by atoms with Crippen molar-refractivity contribution < 1.29 is 4.39 Å². The van der Waals surface area contributed by atoms with Crippen LogP contribution in [0.4, 0.5) is 27.7 Å². The first-order chi connectivity index (χ1) is 10.1. The lowest BCUT2D eigenvalue weighted by molar-refractivity contribution is 0.624. The van der Waals surface area contributed by atoms with E-state index in [0.29, 0.717) is 17.3 Å². The van der Waals surface area contributed by atoms with Crippen LogP contribution in [0.1, 0.15) is 18.9 Å². The van der Waals surface area contributed by atoms with Gasteiger partial charge in [0.15, 0.2) is 0 Å². The van der Waals surface area contributed by atoms with Crippen molar-refractivity contribution in [2.45, 2.75) is 13.3 Å². The fourth-order valence-electron chi connectivity index (χ4n) is 1.75. The molecule has 4 N–H and O–H groups in total. The van der Waals surface area contributed by atoms with E-state index in [2.05, 4.69) is 20.6 Å². The zero-order valence-electron chi connectivity index (χ0n) is 11.5. The van der Waals surface area contributed by atoms with E-state index in [0.717, 1.165) is 13.0 Å². The van der Waals surface area contributed by atoms with Crippen molar-refractivity contribution in [2.75, 3.05) is 22.9 Å². The van der Waals surface area contributed by atoms with Gasteiger partial charge in [0.2, 0.25) is 5.95 Å². The summed E-state index contributed by atoms with van der Waals surface area (Å²) in [7, 11) is 0. The number of rotatable bonds is 5. The smallest absolute Gasteiger partial charge is 0.223 e. The van der Waals surface area contributed by atoms with Crippen LogP contribution in [0.2, 0.25) is 0 Å². The Morgan fingerprint density at radius 1 is 1.33 bits per heavy atom. The monoisotopic (exact) mass is 286 g/mol. The quantitative estimate of drug-likeness (QED) is 0.781. The molecule has 2 aromatic rings. The molecule has 2 rings (SSSR count). The first-order valence-corrected chi connectivity index (χ1v) is 6.48. The van der Waals surface area contributed by atoms with Crippen LogP contribution in [0, 0.1) is 17.1 Å². The fraction of sp³-hybridized carbons (Fsp3) is 0.214. The number of anilines is 4. The van der Waals surface area contributed by atoms with Crippen molar-refractivity contribution in [1.82, 2.24) is 9.97 Å². The van der Waals surface area contributed by atoms with Crippen LogP contribution in [0.5, 0.6) is 0 Å². The summed E-state index contributed by atoms with van der Waals surface area (Å²) >= 11 is 0. The van der Waals surface area contributed by atoms with Crippen molar-refractivity contribution in [3.8, 4) is 6.07 Å². The van der Waals surface area contributed by atoms with E-state index in [1.165, 1.54) is 12.1 Å². The second-order valence-electron chi connectivity index (χ2n) is 4.32. The van der Waals surface area contributed by atoms with Gasteiger partial charge in [0, 0.05) is 12.6 Å². The van der Waals surface area contributed by atoms with Crippen molar-refractivity contribution in [1.29, 1.82) is 5.26 Å². The normalized spacial score (nSPS) is 9.95. The summed E-state index contributed by atoms with van der Waals surface area (Å²) in [5.41, 5.74) is 5.90. The third kappa shape index (κ3) is 3.57. The number of nitriles is 1. The van der Waals surface area contributed by atoms with Crippen molar-refractivity contribution in [2.24, 2.45) is 0 Å². The van der Waals surface area contributed by atoms with Crippen molar-refractivity contribution in [3.63, 3.8) is 0 Å². The summed E-state index contributed by atoms with van der Waals surface area (Å²) in [6.45, 7) is 2.78. The Bertz CT molecular complexity index is 680. The second-order valence-corrected chi connectivity index (χ2v) is 4.32. The first-order valence-electron chi connectivity index (χ1n) is 6.48. The minimum Gasteiger partial charge on any atom is -0.370 e.